The van der Waals surface area contributed by atoms with E-state index in [4.69, 9.17) is 0 Å². The van der Waals surface area contributed by atoms with Crippen molar-refractivity contribution in [3.63, 3.8) is 0 Å². The van der Waals surface area contributed by atoms with Crippen LogP contribution in [0.4, 0.5) is 34.1 Å². The average Bonchev–Trinajstić information content (AvgIpc) is 1.07. The number of nitrogens with zero attached hydrogens (tertiary/aromatic N) is 3. The van der Waals surface area contributed by atoms with Crippen LogP contribution in [-0.2, 0) is 16.2 Å². The highest BCUT2D eigenvalue weighted by molar-refractivity contribution is 7.33. The minimum Gasteiger partial charge on any atom is -0.310 e. The smallest absolute Gasteiger partial charge is 0.264 e. The molecule has 2 aliphatic heterocycles. The first kappa shape index (κ1) is 57.6. The quantitative estimate of drug-likeness (QED) is 0.111. The Morgan fingerprint density at radius 1 is 0.347 bits per heavy atom. The Morgan fingerprint density at radius 2 is 0.812 bits per heavy atom. The molecule has 0 atom stereocenters. The summed E-state index contributed by atoms with van der Waals surface area (Å²) in [4.78, 5) is 5.08. The summed E-state index contributed by atoms with van der Waals surface area (Å²) in [5.41, 5.74) is 22.5. The summed E-state index contributed by atoms with van der Waals surface area (Å²) in [6, 6.07) is 103. The number of hydrogen-bond donors (Lipinski definition) is 0. The van der Waals surface area contributed by atoms with E-state index in [0.717, 1.165) is 159 Å². The maximum atomic E-state index is 12.0. The molecule has 484 valence electrons. The molecule has 0 unspecified atom stereocenters. The number of rotatable bonds is 8. The van der Waals surface area contributed by atoms with Gasteiger partial charge in [0.2, 0.25) is 0 Å². The Balaban J connectivity index is 1.04. The first-order chi connectivity index (χ1) is 50.3. The predicted octanol–water partition coefficient (Wildman–Crippen LogP) is 25.2. The highest BCUT2D eigenvalue weighted by Gasteiger charge is 2.48. The van der Waals surface area contributed by atoms with E-state index < -0.39 is 12.1 Å². The third-order valence-corrected chi connectivity index (χ3v) is 22.8. The van der Waals surface area contributed by atoms with Gasteiger partial charge in [-0.1, -0.05) is 293 Å². The molecule has 5 heteroatoms. The number of fused-ring (bicyclic) bond motifs is 10. The number of aromatic nitrogens is 1. The van der Waals surface area contributed by atoms with Crippen molar-refractivity contribution in [1.29, 1.82) is 0 Å². The fourth-order valence-electron chi connectivity index (χ4n) is 16.5. The van der Waals surface area contributed by atoms with Crippen LogP contribution in [0.1, 0.15) is 83.1 Å². The standard InChI is InChI=1S/C96H76BN3S/c1-94(2,3)68-52-75(60-30-17-11-18-31-60)90(76(53-68)61-32-19-12-20-33-61)99-82-58-71(98-81-41-26-25-40-72(81)79-50-67-43-42-64-38-27-39-65-44-48-74(89(79)98)87(67)86(64)65)46-49-80(82)97-88-83(99)56-70(96(7,8)9)57-84(88)100(92-73-47-45-66(51-85(73)101-93(92)97)59-28-15-10-16-29-59)91-77(62-34-21-13-22-35-62)54-69(95(4,5)6)55-78(91)63-36-23-14-24-37-63/h10-58H,1-9H3/i46D,49D,58D. The number of para-hydroxylation sites is 1. The average molecular weight is 1320 g/mol. The zero-order chi connectivity index (χ0) is 71.0. The molecule has 0 spiro atoms. The summed E-state index contributed by atoms with van der Waals surface area (Å²) >= 11 is 1.79. The maximum absolute atomic E-state index is 12.0. The van der Waals surface area contributed by atoms with Crippen LogP contribution in [0.5, 0.6) is 0 Å². The van der Waals surface area contributed by atoms with Gasteiger partial charge < -0.3 is 14.4 Å². The van der Waals surface area contributed by atoms with E-state index >= 15 is 0 Å². The molecule has 19 rings (SSSR count). The van der Waals surface area contributed by atoms with Crippen LogP contribution in [0, 0.1) is 0 Å². The molecular weight excluding hydrogens is 1240 g/mol. The number of hydrogen-bond acceptors (Lipinski definition) is 3. The van der Waals surface area contributed by atoms with E-state index in [-0.39, 0.29) is 29.0 Å². The van der Waals surface area contributed by atoms with Crippen LogP contribution >= 0.6 is 11.3 Å². The Bertz CT molecular complexity index is 6240. The molecule has 3 nitrogen and oxygen atoms in total. The fraction of sp³-hybridized carbons (Fsp3) is 0.125. The van der Waals surface area contributed by atoms with Crippen molar-refractivity contribution in [2.24, 2.45) is 0 Å². The second kappa shape index (κ2) is 22.6. The molecule has 101 heavy (non-hydrogen) atoms. The first-order valence-corrected chi connectivity index (χ1v) is 36.3. The minimum atomic E-state index is -0.641. The lowest BCUT2D eigenvalue weighted by Crippen LogP contribution is -2.60. The Morgan fingerprint density at radius 3 is 1.36 bits per heavy atom. The summed E-state index contributed by atoms with van der Waals surface area (Å²) in [7, 11) is 0. The number of anilines is 6. The number of benzene rings is 15. The molecule has 0 aliphatic carbocycles. The molecule has 2 aromatic heterocycles. The zero-order valence-corrected chi connectivity index (χ0v) is 59.2. The van der Waals surface area contributed by atoms with E-state index in [0.29, 0.717) is 16.8 Å². The van der Waals surface area contributed by atoms with E-state index in [2.05, 4.69) is 356 Å². The van der Waals surface area contributed by atoms with E-state index in [1.54, 1.807) is 11.3 Å². The largest absolute Gasteiger partial charge is 0.310 e. The van der Waals surface area contributed by atoms with Gasteiger partial charge in [0.1, 0.15) is 0 Å². The lowest BCUT2D eigenvalue weighted by molar-refractivity contribution is 0.590. The molecule has 0 saturated heterocycles. The van der Waals surface area contributed by atoms with Gasteiger partial charge in [-0.2, -0.15) is 0 Å². The van der Waals surface area contributed by atoms with Gasteiger partial charge in [0.25, 0.3) is 6.71 Å². The Labute approximate surface area is 600 Å². The van der Waals surface area contributed by atoms with Crippen molar-refractivity contribution < 1.29 is 4.11 Å². The first-order valence-electron chi connectivity index (χ1n) is 37.0. The van der Waals surface area contributed by atoms with Crippen LogP contribution in [0.15, 0.2) is 297 Å². The summed E-state index contributed by atoms with van der Waals surface area (Å²) in [6.45, 7) is 20.2. The van der Waals surface area contributed by atoms with Gasteiger partial charge in [0.05, 0.1) is 32.2 Å². The molecule has 0 fully saturated rings. The lowest BCUT2D eigenvalue weighted by atomic mass is 9.36. The monoisotopic (exact) mass is 1320 g/mol. The summed E-state index contributed by atoms with van der Waals surface area (Å²) in [6.07, 6.45) is 0. The van der Waals surface area contributed by atoms with Gasteiger partial charge in [0, 0.05) is 76.0 Å². The predicted molar refractivity (Wildman–Crippen MR) is 437 cm³/mol. The van der Waals surface area contributed by atoms with Crippen LogP contribution in [0.25, 0.3) is 126 Å². The van der Waals surface area contributed by atoms with Crippen LogP contribution < -0.4 is 25.5 Å². The summed E-state index contributed by atoms with van der Waals surface area (Å²) in [5.74, 6) is 0. The second-order valence-corrected chi connectivity index (χ2v) is 32.0. The fourth-order valence-corrected chi connectivity index (χ4v) is 17.9. The van der Waals surface area contributed by atoms with Crippen molar-refractivity contribution in [2.75, 3.05) is 9.80 Å². The van der Waals surface area contributed by atoms with Crippen molar-refractivity contribution in [3.8, 4) is 61.3 Å². The molecule has 17 aromatic rings. The lowest BCUT2D eigenvalue weighted by Gasteiger charge is -2.46. The third kappa shape index (κ3) is 9.60. The van der Waals surface area contributed by atoms with Gasteiger partial charge in [-0.25, -0.2) is 0 Å². The normalized spacial score (nSPS) is 13.6. The van der Waals surface area contributed by atoms with E-state index in [1.807, 2.05) is 0 Å². The summed E-state index contributed by atoms with van der Waals surface area (Å²) < 4.78 is 39.1. The van der Waals surface area contributed by atoms with Crippen LogP contribution in [-0.4, -0.2) is 11.3 Å². The molecular formula is C96H76BN3S. The van der Waals surface area contributed by atoms with E-state index in [9.17, 15) is 4.11 Å². The van der Waals surface area contributed by atoms with Crippen LogP contribution in [0.2, 0.25) is 0 Å². The number of thiophene rings is 1. The Hall–Kier alpha value is -11.2. The molecule has 0 amide bonds. The maximum Gasteiger partial charge on any atom is 0.264 e. The van der Waals surface area contributed by atoms with Gasteiger partial charge in [-0.3, -0.25) is 0 Å². The molecule has 15 aromatic carbocycles. The van der Waals surface area contributed by atoms with Crippen molar-refractivity contribution in [2.45, 2.75) is 78.6 Å². The van der Waals surface area contributed by atoms with Gasteiger partial charge >= 0.3 is 0 Å². The second-order valence-electron chi connectivity index (χ2n) is 30.9. The van der Waals surface area contributed by atoms with Gasteiger partial charge in [-0.05, 0) is 171 Å². The molecule has 0 bridgehead atoms. The Kier molecular flexibility index (Phi) is 12.9. The SMILES string of the molecule is [2H]c1c([2H])c(-n2c3ccccc3c3cc4ccc5cccc6ccc(c4c56)c32)c([2H])c2c1B1c3sc4cc(-c5ccccc5)ccc4c3N(c3c(-c4ccccc4)cc(C(C)(C)C)cc3-c3ccccc3)c3cc(C(C)(C)C)cc(c31)N2c1c(-c2ccccc2)cc(C(C)(C)C)cc1-c1ccccc1. The van der Waals surface area contributed by atoms with Crippen molar-refractivity contribution in [3.05, 3.63) is 314 Å². The van der Waals surface area contributed by atoms with E-state index in [1.165, 1.54) is 16.5 Å². The molecule has 0 N–H and O–H groups in total. The topological polar surface area (TPSA) is 11.4 Å². The van der Waals surface area contributed by atoms with Gasteiger partial charge in [-0.15, -0.1) is 11.3 Å². The van der Waals surface area contributed by atoms with Crippen molar-refractivity contribution >= 4 is 132 Å². The molecule has 0 saturated carbocycles. The van der Waals surface area contributed by atoms with Gasteiger partial charge in [0.15, 0.2) is 0 Å². The molecule has 0 radical (unpaired) electrons. The highest BCUT2D eigenvalue weighted by Crippen LogP contribution is 2.57. The zero-order valence-electron chi connectivity index (χ0n) is 61.4. The minimum absolute atomic E-state index is 0.0000398. The van der Waals surface area contributed by atoms with Crippen molar-refractivity contribution in [1.82, 2.24) is 4.57 Å². The van der Waals surface area contributed by atoms with Crippen LogP contribution in [0.3, 0.4) is 0 Å². The molecule has 4 heterocycles. The molecule has 2 aliphatic rings. The summed E-state index contributed by atoms with van der Waals surface area (Å²) in [5, 5.41) is 9.97. The third-order valence-electron chi connectivity index (χ3n) is 21.6. The highest BCUT2D eigenvalue weighted by atomic mass is 32.1.